The van der Waals surface area contributed by atoms with E-state index in [9.17, 15) is 4.79 Å². The zero-order chi connectivity index (χ0) is 15.9. The standard InChI is InChI=1S/C17H24N4O/c1-4-13(2)21(15-9-6-5-7-10-15)20-14(3)19-17(22)16-11-8-12-18-16/h5-7,9-10,16,18H,2,4,8,11-12H2,1,3H3,(H,19,20,22). The van der Waals surface area contributed by atoms with Crippen molar-refractivity contribution < 1.29 is 4.79 Å². The van der Waals surface area contributed by atoms with Gasteiger partial charge in [-0.05, 0) is 44.9 Å². The number of anilines is 1. The van der Waals surface area contributed by atoms with Crippen molar-refractivity contribution in [3.63, 3.8) is 0 Å². The van der Waals surface area contributed by atoms with E-state index in [0.29, 0.717) is 5.84 Å². The molecule has 0 aliphatic carbocycles. The molecule has 1 aromatic carbocycles. The van der Waals surface area contributed by atoms with Crippen LogP contribution in [0.1, 0.15) is 33.1 Å². The lowest BCUT2D eigenvalue weighted by molar-refractivity contribution is -0.121. The highest BCUT2D eigenvalue weighted by Crippen LogP contribution is 2.20. The second kappa shape index (κ2) is 7.75. The molecule has 1 fully saturated rings. The molecule has 1 heterocycles. The van der Waals surface area contributed by atoms with Crippen molar-refractivity contribution >= 4 is 17.4 Å². The highest BCUT2D eigenvalue weighted by atomic mass is 16.2. The number of amides is 1. The van der Waals surface area contributed by atoms with Gasteiger partial charge in [0.15, 0.2) is 0 Å². The number of hydrogen-bond donors (Lipinski definition) is 2. The van der Waals surface area contributed by atoms with Crippen molar-refractivity contribution in [2.45, 2.75) is 39.2 Å². The zero-order valence-corrected chi connectivity index (χ0v) is 13.3. The number of carbonyl (C=O) groups excluding carboxylic acids is 1. The van der Waals surface area contributed by atoms with Crippen LogP contribution < -0.4 is 15.6 Å². The summed E-state index contributed by atoms with van der Waals surface area (Å²) < 4.78 is 0. The molecule has 1 aliphatic rings. The van der Waals surface area contributed by atoms with Crippen LogP contribution in [-0.2, 0) is 4.79 Å². The van der Waals surface area contributed by atoms with Gasteiger partial charge in [-0.2, -0.15) is 5.10 Å². The summed E-state index contributed by atoms with van der Waals surface area (Å²) in [7, 11) is 0. The highest BCUT2D eigenvalue weighted by molar-refractivity contribution is 5.99. The van der Waals surface area contributed by atoms with Crippen molar-refractivity contribution in [2.24, 2.45) is 5.10 Å². The highest BCUT2D eigenvalue weighted by Gasteiger charge is 2.22. The smallest absolute Gasteiger partial charge is 0.242 e. The zero-order valence-electron chi connectivity index (χ0n) is 13.3. The molecule has 1 amide bonds. The van der Waals surface area contributed by atoms with Crippen molar-refractivity contribution in [3.8, 4) is 0 Å². The number of nitrogens with one attached hydrogen (secondary N) is 2. The van der Waals surface area contributed by atoms with Gasteiger partial charge in [-0.1, -0.05) is 31.7 Å². The van der Waals surface area contributed by atoms with Gasteiger partial charge in [0.05, 0.1) is 11.7 Å². The summed E-state index contributed by atoms with van der Waals surface area (Å²) in [5.41, 5.74) is 1.81. The molecule has 0 aromatic heterocycles. The number of benzene rings is 1. The molecule has 118 valence electrons. The third-order valence-corrected chi connectivity index (χ3v) is 3.64. The molecule has 5 heteroatoms. The van der Waals surface area contributed by atoms with Gasteiger partial charge in [-0.25, -0.2) is 5.01 Å². The van der Waals surface area contributed by atoms with E-state index in [1.807, 2.05) is 37.3 Å². The maximum atomic E-state index is 12.1. The first-order chi connectivity index (χ1) is 10.6. The third-order valence-electron chi connectivity index (χ3n) is 3.64. The Labute approximate surface area is 132 Å². The SMILES string of the molecule is C=C(CC)N(/N=C(\C)NC(=O)C1CCCN1)c1ccccc1. The van der Waals surface area contributed by atoms with Gasteiger partial charge in [0, 0.05) is 5.70 Å². The average Bonchev–Trinajstić information content (AvgIpc) is 3.07. The Morgan fingerprint density at radius 2 is 2.18 bits per heavy atom. The van der Waals surface area contributed by atoms with Crippen molar-refractivity contribution in [2.75, 3.05) is 11.6 Å². The molecular weight excluding hydrogens is 276 g/mol. The van der Waals surface area contributed by atoms with Crippen LogP contribution in [0.5, 0.6) is 0 Å². The molecule has 5 nitrogen and oxygen atoms in total. The topological polar surface area (TPSA) is 56.7 Å². The molecule has 1 saturated heterocycles. The molecule has 0 bridgehead atoms. The first-order valence-electron chi connectivity index (χ1n) is 7.74. The summed E-state index contributed by atoms with van der Waals surface area (Å²) in [5, 5.41) is 12.3. The van der Waals surface area contributed by atoms with Crippen LogP contribution in [0.25, 0.3) is 0 Å². The van der Waals surface area contributed by atoms with Gasteiger partial charge in [0.25, 0.3) is 0 Å². The number of rotatable bonds is 5. The normalized spacial score (nSPS) is 18.1. The number of nitrogens with zero attached hydrogens (tertiary/aromatic N) is 2. The van der Waals surface area contributed by atoms with Crippen molar-refractivity contribution in [1.82, 2.24) is 10.6 Å². The quantitative estimate of drug-likeness (QED) is 0.499. The maximum absolute atomic E-state index is 12.1. The number of hydrogen-bond acceptors (Lipinski definition) is 4. The fourth-order valence-corrected chi connectivity index (χ4v) is 2.38. The molecule has 1 aliphatic heterocycles. The Bertz CT molecular complexity index is 547. The lowest BCUT2D eigenvalue weighted by Gasteiger charge is -2.22. The number of hydrazone groups is 1. The predicted octanol–water partition coefficient (Wildman–Crippen LogP) is 2.62. The fourth-order valence-electron chi connectivity index (χ4n) is 2.38. The summed E-state index contributed by atoms with van der Waals surface area (Å²) in [6.07, 6.45) is 2.70. The third kappa shape index (κ3) is 4.18. The van der Waals surface area contributed by atoms with Gasteiger partial charge in [-0.3, -0.25) is 4.79 Å². The van der Waals surface area contributed by atoms with Crippen LogP contribution in [0, 0.1) is 0 Å². The lowest BCUT2D eigenvalue weighted by Crippen LogP contribution is -2.43. The predicted molar refractivity (Wildman–Crippen MR) is 90.6 cm³/mol. The Balaban J connectivity index is 2.10. The molecule has 1 aromatic rings. The van der Waals surface area contributed by atoms with Crippen LogP contribution in [0.2, 0.25) is 0 Å². The molecule has 0 spiro atoms. The number of para-hydroxylation sites is 1. The van der Waals surface area contributed by atoms with E-state index in [4.69, 9.17) is 0 Å². The van der Waals surface area contributed by atoms with Crippen molar-refractivity contribution in [3.05, 3.63) is 42.6 Å². The first-order valence-corrected chi connectivity index (χ1v) is 7.74. The Hall–Kier alpha value is -2.14. The van der Waals surface area contributed by atoms with Crippen LogP contribution in [0.3, 0.4) is 0 Å². The Kier molecular flexibility index (Phi) is 5.72. The summed E-state index contributed by atoms with van der Waals surface area (Å²) >= 11 is 0. The molecule has 1 unspecified atom stereocenters. The molecule has 22 heavy (non-hydrogen) atoms. The van der Waals surface area contributed by atoms with Gasteiger partial charge in [0.1, 0.15) is 5.84 Å². The summed E-state index contributed by atoms with van der Waals surface area (Å²) in [4.78, 5) is 12.1. The van der Waals surface area contributed by atoms with Gasteiger partial charge in [-0.15, -0.1) is 0 Å². The average molecular weight is 300 g/mol. The second-order valence-electron chi connectivity index (χ2n) is 5.39. The summed E-state index contributed by atoms with van der Waals surface area (Å²) in [5.74, 6) is 0.547. The Morgan fingerprint density at radius 3 is 2.77 bits per heavy atom. The fraction of sp³-hybridized carbons (Fsp3) is 0.412. The lowest BCUT2D eigenvalue weighted by atomic mass is 10.2. The van der Waals surface area contributed by atoms with Gasteiger partial charge in [0.2, 0.25) is 5.91 Å². The van der Waals surface area contributed by atoms with Crippen LogP contribution >= 0.6 is 0 Å². The van der Waals surface area contributed by atoms with E-state index >= 15 is 0 Å². The molecule has 0 radical (unpaired) electrons. The van der Waals surface area contributed by atoms with Gasteiger partial charge >= 0.3 is 0 Å². The summed E-state index contributed by atoms with van der Waals surface area (Å²) in [6, 6.07) is 9.70. The molecular formula is C17H24N4O. The molecule has 1 atom stereocenters. The van der Waals surface area contributed by atoms with E-state index in [2.05, 4.69) is 22.3 Å². The van der Waals surface area contributed by atoms with Crippen molar-refractivity contribution in [1.29, 1.82) is 0 Å². The van der Waals surface area contributed by atoms with Crippen LogP contribution in [0.15, 0.2) is 47.7 Å². The maximum Gasteiger partial charge on any atom is 0.242 e. The van der Waals surface area contributed by atoms with E-state index in [-0.39, 0.29) is 11.9 Å². The molecule has 2 N–H and O–H groups in total. The first kappa shape index (κ1) is 16.2. The van der Waals surface area contributed by atoms with E-state index in [1.165, 1.54) is 0 Å². The monoisotopic (exact) mass is 300 g/mol. The molecule has 0 saturated carbocycles. The number of allylic oxidation sites excluding steroid dienone is 1. The number of carbonyl (C=O) groups is 1. The van der Waals surface area contributed by atoms with E-state index < -0.39 is 0 Å². The Morgan fingerprint density at radius 1 is 1.45 bits per heavy atom. The largest absolute Gasteiger partial charge is 0.312 e. The van der Waals surface area contributed by atoms with E-state index in [1.54, 1.807) is 11.9 Å². The van der Waals surface area contributed by atoms with Gasteiger partial charge < -0.3 is 10.6 Å². The van der Waals surface area contributed by atoms with Crippen LogP contribution in [-0.4, -0.2) is 24.3 Å². The number of amidine groups is 1. The van der Waals surface area contributed by atoms with E-state index in [0.717, 1.165) is 37.2 Å². The minimum atomic E-state index is -0.107. The summed E-state index contributed by atoms with van der Waals surface area (Å²) in [6.45, 7) is 8.78. The second-order valence-corrected chi connectivity index (χ2v) is 5.39. The molecule has 2 rings (SSSR count). The minimum Gasteiger partial charge on any atom is -0.312 e. The van der Waals surface area contributed by atoms with Crippen LogP contribution in [0.4, 0.5) is 5.69 Å². The minimum absolute atomic E-state index is 0.0196.